The van der Waals surface area contributed by atoms with Crippen molar-refractivity contribution >= 4 is 23.1 Å². The van der Waals surface area contributed by atoms with Crippen molar-refractivity contribution in [2.75, 3.05) is 5.75 Å². The Labute approximate surface area is 81.6 Å². The van der Waals surface area contributed by atoms with Crippen molar-refractivity contribution in [1.82, 2.24) is 4.98 Å². The molecule has 0 amide bonds. The highest BCUT2D eigenvalue weighted by Crippen LogP contribution is 2.32. The van der Waals surface area contributed by atoms with Gasteiger partial charge in [0.25, 0.3) is 0 Å². The molecular formula is C9H13NS2. The number of thiazole rings is 1. The molecule has 0 N–H and O–H groups in total. The minimum Gasteiger partial charge on any atom is -0.246 e. The molecule has 12 heavy (non-hydrogen) atoms. The molecular weight excluding hydrogens is 186 g/mol. The molecule has 0 atom stereocenters. The second-order valence-corrected chi connectivity index (χ2v) is 5.60. The molecule has 0 fully saturated rings. The second kappa shape index (κ2) is 3.38. The number of hydrogen-bond donors (Lipinski definition) is 0. The highest BCUT2D eigenvalue weighted by atomic mass is 32.2. The zero-order valence-corrected chi connectivity index (χ0v) is 9.10. The third-order valence-corrected chi connectivity index (χ3v) is 4.57. The van der Waals surface area contributed by atoms with Gasteiger partial charge in [0.15, 0.2) is 0 Å². The van der Waals surface area contributed by atoms with Gasteiger partial charge in [0.2, 0.25) is 0 Å². The van der Waals surface area contributed by atoms with Gasteiger partial charge in [-0.1, -0.05) is 13.8 Å². The van der Waals surface area contributed by atoms with Gasteiger partial charge < -0.3 is 0 Å². The van der Waals surface area contributed by atoms with E-state index in [4.69, 9.17) is 0 Å². The average Bonchev–Trinajstić information content (AvgIpc) is 2.46. The minimum atomic E-state index is 0.602. The standard InChI is InChI=1S/C9H13NS2/c1-6(2)9-10-7-3-4-11-5-8(7)12-9/h6H,3-5H2,1-2H3. The number of nitrogens with zero attached hydrogens (tertiary/aromatic N) is 1. The minimum absolute atomic E-state index is 0.602. The first kappa shape index (κ1) is 8.57. The van der Waals surface area contributed by atoms with Crippen LogP contribution in [0.15, 0.2) is 0 Å². The summed E-state index contributed by atoms with van der Waals surface area (Å²) < 4.78 is 0. The maximum Gasteiger partial charge on any atom is 0.0956 e. The molecule has 1 aromatic rings. The van der Waals surface area contributed by atoms with Crippen LogP contribution in [-0.4, -0.2) is 10.7 Å². The number of rotatable bonds is 1. The Bertz CT molecular complexity index is 255. The van der Waals surface area contributed by atoms with Gasteiger partial charge in [-0.15, -0.1) is 11.3 Å². The lowest BCUT2D eigenvalue weighted by Crippen LogP contribution is -1.99. The van der Waals surface area contributed by atoms with E-state index in [2.05, 4.69) is 18.8 Å². The Morgan fingerprint density at radius 3 is 2.92 bits per heavy atom. The Balaban J connectivity index is 2.32. The summed E-state index contributed by atoms with van der Waals surface area (Å²) in [5.74, 6) is 3.05. The van der Waals surface area contributed by atoms with E-state index in [0.717, 1.165) is 0 Å². The first-order valence-corrected chi connectivity index (χ1v) is 6.30. The SMILES string of the molecule is CC(C)c1nc2c(s1)CSCC2. The van der Waals surface area contributed by atoms with Gasteiger partial charge in [0, 0.05) is 16.5 Å². The predicted octanol–water partition coefficient (Wildman–Crippen LogP) is 3.06. The van der Waals surface area contributed by atoms with E-state index in [9.17, 15) is 0 Å². The monoisotopic (exact) mass is 199 g/mol. The number of aryl methyl sites for hydroxylation is 1. The fourth-order valence-corrected chi connectivity index (χ4v) is 3.52. The molecule has 1 nitrogen and oxygen atoms in total. The third-order valence-electron chi connectivity index (χ3n) is 2.01. The van der Waals surface area contributed by atoms with Crippen LogP contribution in [0.2, 0.25) is 0 Å². The van der Waals surface area contributed by atoms with Crippen molar-refractivity contribution in [1.29, 1.82) is 0 Å². The summed E-state index contributed by atoms with van der Waals surface area (Å²) in [5, 5.41) is 1.32. The maximum absolute atomic E-state index is 4.66. The molecule has 1 aliphatic heterocycles. The molecule has 0 aromatic carbocycles. The number of thioether (sulfide) groups is 1. The topological polar surface area (TPSA) is 12.9 Å². The number of hydrogen-bond acceptors (Lipinski definition) is 3. The highest BCUT2D eigenvalue weighted by Gasteiger charge is 2.16. The van der Waals surface area contributed by atoms with Crippen molar-refractivity contribution < 1.29 is 0 Å². The lowest BCUT2D eigenvalue weighted by molar-refractivity contribution is 0.839. The summed E-state index contributed by atoms with van der Waals surface area (Å²) in [6, 6.07) is 0. The van der Waals surface area contributed by atoms with Crippen LogP contribution in [0.5, 0.6) is 0 Å². The molecule has 0 radical (unpaired) electrons. The van der Waals surface area contributed by atoms with E-state index in [1.165, 1.54) is 33.5 Å². The molecule has 0 saturated carbocycles. The Morgan fingerprint density at radius 2 is 2.25 bits per heavy atom. The molecule has 0 bridgehead atoms. The summed E-state index contributed by atoms with van der Waals surface area (Å²) >= 11 is 3.94. The van der Waals surface area contributed by atoms with Crippen LogP contribution in [0.1, 0.15) is 35.3 Å². The molecule has 0 spiro atoms. The fraction of sp³-hybridized carbons (Fsp3) is 0.667. The summed E-state index contributed by atoms with van der Waals surface area (Å²) in [4.78, 5) is 6.18. The summed E-state index contributed by atoms with van der Waals surface area (Å²) in [5.41, 5.74) is 1.38. The summed E-state index contributed by atoms with van der Waals surface area (Å²) in [7, 11) is 0. The van der Waals surface area contributed by atoms with Crippen molar-refractivity contribution in [3.8, 4) is 0 Å². The van der Waals surface area contributed by atoms with Gasteiger partial charge in [0.1, 0.15) is 0 Å². The average molecular weight is 199 g/mol. The Hall–Kier alpha value is -0.0200. The van der Waals surface area contributed by atoms with Crippen LogP contribution in [-0.2, 0) is 12.2 Å². The zero-order chi connectivity index (χ0) is 8.55. The van der Waals surface area contributed by atoms with Gasteiger partial charge in [-0.2, -0.15) is 11.8 Å². The summed E-state index contributed by atoms with van der Waals surface area (Å²) in [6.07, 6.45) is 1.18. The van der Waals surface area contributed by atoms with Crippen LogP contribution in [0.25, 0.3) is 0 Å². The quantitative estimate of drug-likeness (QED) is 0.689. The van der Waals surface area contributed by atoms with E-state index in [-0.39, 0.29) is 0 Å². The zero-order valence-electron chi connectivity index (χ0n) is 7.46. The van der Waals surface area contributed by atoms with Crippen LogP contribution < -0.4 is 0 Å². The number of aromatic nitrogens is 1. The van der Waals surface area contributed by atoms with Crippen LogP contribution >= 0.6 is 23.1 Å². The van der Waals surface area contributed by atoms with Gasteiger partial charge in [-0.25, -0.2) is 4.98 Å². The van der Waals surface area contributed by atoms with Crippen molar-refractivity contribution in [2.24, 2.45) is 0 Å². The number of fused-ring (bicyclic) bond motifs is 1. The molecule has 1 aromatic heterocycles. The molecule has 0 aliphatic carbocycles. The molecule has 2 rings (SSSR count). The van der Waals surface area contributed by atoms with E-state index < -0.39 is 0 Å². The van der Waals surface area contributed by atoms with Crippen molar-refractivity contribution in [3.05, 3.63) is 15.6 Å². The highest BCUT2D eigenvalue weighted by molar-refractivity contribution is 7.98. The van der Waals surface area contributed by atoms with E-state index in [1.807, 2.05) is 23.1 Å². The third kappa shape index (κ3) is 1.52. The first-order valence-electron chi connectivity index (χ1n) is 4.33. The second-order valence-electron chi connectivity index (χ2n) is 3.38. The summed E-state index contributed by atoms with van der Waals surface area (Å²) in [6.45, 7) is 4.44. The molecule has 0 unspecified atom stereocenters. The molecule has 1 aliphatic rings. The predicted molar refractivity (Wildman–Crippen MR) is 56.1 cm³/mol. The van der Waals surface area contributed by atoms with E-state index >= 15 is 0 Å². The molecule has 66 valence electrons. The Morgan fingerprint density at radius 1 is 1.42 bits per heavy atom. The van der Waals surface area contributed by atoms with E-state index in [0.29, 0.717) is 5.92 Å². The van der Waals surface area contributed by atoms with Gasteiger partial charge >= 0.3 is 0 Å². The van der Waals surface area contributed by atoms with Crippen LogP contribution in [0.3, 0.4) is 0 Å². The smallest absolute Gasteiger partial charge is 0.0956 e. The van der Waals surface area contributed by atoms with Crippen molar-refractivity contribution in [3.63, 3.8) is 0 Å². The fourth-order valence-electron chi connectivity index (χ4n) is 1.29. The van der Waals surface area contributed by atoms with Gasteiger partial charge in [-0.3, -0.25) is 0 Å². The molecule has 3 heteroatoms. The normalized spacial score (nSPS) is 16.6. The molecule has 2 heterocycles. The van der Waals surface area contributed by atoms with Crippen LogP contribution in [0, 0.1) is 0 Å². The Kier molecular flexibility index (Phi) is 2.42. The lowest BCUT2D eigenvalue weighted by Gasteiger charge is -2.06. The van der Waals surface area contributed by atoms with Gasteiger partial charge in [0.05, 0.1) is 10.7 Å². The van der Waals surface area contributed by atoms with Gasteiger partial charge in [-0.05, 0) is 12.2 Å². The van der Waals surface area contributed by atoms with Crippen LogP contribution in [0.4, 0.5) is 0 Å². The maximum atomic E-state index is 4.66. The van der Waals surface area contributed by atoms with E-state index in [1.54, 1.807) is 0 Å². The largest absolute Gasteiger partial charge is 0.246 e. The lowest BCUT2D eigenvalue weighted by atomic mass is 10.2. The molecule has 0 saturated heterocycles. The first-order chi connectivity index (χ1) is 5.77. The van der Waals surface area contributed by atoms with Crippen molar-refractivity contribution in [2.45, 2.75) is 31.9 Å².